The lowest BCUT2D eigenvalue weighted by atomic mass is 9.87. The number of allylic oxidation sites excluding steroid dienone is 1. The molecule has 1 aliphatic heterocycles. The third-order valence-electron chi connectivity index (χ3n) is 4.90. The molecule has 1 unspecified atom stereocenters. The number of nitrogens with zero attached hydrogens (tertiary/aromatic N) is 1. The van der Waals surface area contributed by atoms with Gasteiger partial charge < -0.3 is 24.4 Å². The first-order valence-corrected chi connectivity index (χ1v) is 10.2. The van der Waals surface area contributed by atoms with Gasteiger partial charge in [0.05, 0.1) is 24.4 Å². The maximum absolute atomic E-state index is 12.6. The van der Waals surface area contributed by atoms with Gasteiger partial charge in [-0.05, 0) is 48.4 Å². The summed E-state index contributed by atoms with van der Waals surface area (Å²) >= 11 is 0. The molecule has 0 saturated carbocycles. The fourth-order valence-electron chi connectivity index (χ4n) is 3.36. The van der Waals surface area contributed by atoms with E-state index in [9.17, 15) is 10.1 Å². The molecule has 7 nitrogen and oxygen atoms in total. The number of carbonyl (C=O) groups excluding carboxylic acids is 1. The van der Waals surface area contributed by atoms with Crippen molar-refractivity contribution in [3.05, 3.63) is 89.2 Å². The molecule has 0 spiro atoms. The van der Waals surface area contributed by atoms with Crippen LogP contribution in [0.1, 0.15) is 41.4 Å². The third-order valence-corrected chi connectivity index (χ3v) is 4.90. The van der Waals surface area contributed by atoms with Gasteiger partial charge in [0, 0.05) is 11.6 Å². The van der Waals surface area contributed by atoms with E-state index in [0.717, 1.165) is 0 Å². The summed E-state index contributed by atoms with van der Waals surface area (Å²) in [4.78, 5) is 12.6. The van der Waals surface area contributed by atoms with E-state index in [1.54, 1.807) is 54.6 Å². The molecule has 1 aliphatic rings. The molecule has 0 amide bonds. The molecule has 2 aromatic carbocycles. The monoisotopic (exact) mass is 430 g/mol. The average molecular weight is 430 g/mol. The smallest absolute Gasteiger partial charge is 0.343 e. The predicted octanol–water partition coefficient (Wildman–Crippen LogP) is 4.75. The summed E-state index contributed by atoms with van der Waals surface area (Å²) in [6.07, 6.45) is 1.53. The first kappa shape index (κ1) is 21.1. The SMILES string of the molecule is CC(C)COc1ccc(C(=O)Oc2ccc3c(c2)OC(N)=C(C#N)C3c2ccco2)cc1. The number of fused-ring (bicyclic) bond motifs is 1. The van der Waals surface area contributed by atoms with Crippen molar-refractivity contribution in [2.24, 2.45) is 11.7 Å². The Morgan fingerprint density at radius 1 is 1.16 bits per heavy atom. The van der Waals surface area contributed by atoms with Crippen LogP contribution in [0.2, 0.25) is 0 Å². The summed E-state index contributed by atoms with van der Waals surface area (Å²) < 4.78 is 22.3. The van der Waals surface area contributed by atoms with Crippen LogP contribution < -0.4 is 19.9 Å². The van der Waals surface area contributed by atoms with Gasteiger partial charge in [0.2, 0.25) is 5.88 Å². The number of hydrogen-bond acceptors (Lipinski definition) is 7. The first-order chi connectivity index (χ1) is 15.5. The Hall–Kier alpha value is -4.18. The van der Waals surface area contributed by atoms with Crippen LogP contribution in [0.3, 0.4) is 0 Å². The second-order valence-electron chi connectivity index (χ2n) is 7.76. The Morgan fingerprint density at radius 2 is 1.91 bits per heavy atom. The highest BCUT2D eigenvalue weighted by atomic mass is 16.5. The number of nitrogens with two attached hydrogens (primary N) is 1. The number of hydrogen-bond donors (Lipinski definition) is 1. The lowest BCUT2D eigenvalue weighted by molar-refractivity contribution is 0.0734. The van der Waals surface area contributed by atoms with E-state index in [-0.39, 0.29) is 11.5 Å². The largest absolute Gasteiger partial charge is 0.493 e. The van der Waals surface area contributed by atoms with Gasteiger partial charge in [-0.25, -0.2) is 4.79 Å². The molecule has 1 atom stereocenters. The third kappa shape index (κ3) is 4.30. The van der Waals surface area contributed by atoms with Crippen LogP contribution in [-0.2, 0) is 0 Å². The van der Waals surface area contributed by atoms with Crippen LogP contribution in [0.5, 0.6) is 17.2 Å². The minimum Gasteiger partial charge on any atom is -0.493 e. The topological polar surface area (TPSA) is 108 Å². The van der Waals surface area contributed by atoms with Crippen molar-refractivity contribution in [2.45, 2.75) is 19.8 Å². The highest BCUT2D eigenvalue weighted by Crippen LogP contribution is 2.43. The maximum Gasteiger partial charge on any atom is 0.343 e. The number of benzene rings is 2. The molecule has 3 aromatic rings. The van der Waals surface area contributed by atoms with Crippen LogP contribution in [0, 0.1) is 17.2 Å². The number of carbonyl (C=O) groups is 1. The lowest BCUT2D eigenvalue weighted by Gasteiger charge is -2.25. The van der Waals surface area contributed by atoms with Crippen LogP contribution in [-0.4, -0.2) is 12.6 Å². The van der Waals surface area contributed by atoms with Gasteiger partial charge in [-0.1, -0.05) is 19.9 Å². The Labute approximate surface area is 185 Å². The van der Waals surface area contributed by atoms with E-state index in [2.05, 4.69) is 19.9 Å². The molecule has 7 heteroatoms. The minimum absolute atomic E-state index is 0.0122. The zero-order valence-corrected chi connectivity index (χ0v) is 17.7. The van der Waals surface area contributed by atoms with Crippen molar-refractivity contribution in [3.63, 3.8) is 0 Å². The molecular formula is C25H22N2O5. The van der Waals surface area contributed by atoms with Crippen molar-refractivity contribution >= 4 is 5.97 Å². The number of furan rings is 1. The maximum atomic E-state index is 12.6. The van der Waals surface area contributed by atoms with E-state index >= 15 is 0 Å². The normalized spacial score (nSPS) is 15.0. The molecular weight excluding hydrogens is 408 g/mol. The van der Waals surface area contributed by atoms with Gasteiger partial charge in [-0.3, -0.25) is 0 Å². The van der Waals surface area contributed by atoms with E-state index in [1.165, 1.54) is 6.26 Å². The van der Waals surface area contributed by atoms with Crippen LogP contribution in [0.4, 0.5) is 0 Å². The first-order valence-electron chi connectivity index (χ1n) is 10.2. The molecule has 0 fully saturated rings. The summed E-state index contributed by atoms with van der Waals surface area (Å²) in [5.41, 5.74) is 7.32. The van der Waals surface area contributed by atoms with Gasteiger partial charge in [-0.15, -0.1) is 0 Å². The molecule has 1 aromatic heterocycles. The predicted molar refractivity (Wildman–Crippen MR) is 116 cm³/mol. The standard InChI is InChI=1S/C25H22N2O5/c1-15(2)14-30-17-7-5-16(6-8-17)25(28)31-18-9-10-19-22(12-18)32-24(27)20(13-26)23(19)21-4-3-11-29-21/h3-12,15,23H,14,27H2,1-2H3. The van der Waals surface area contributed by atoms with Crippen LogP contribution in [0.15, 0.2) is 76.7 Å². The fourth-order valence-corrected chi connectivity index (χ4v) is 3.36. The van der Waals surface area contributed by atoms with Gasteiger partial charge in [0.15, 0.2) is 0 Å². The van der Waals surface area contributed by atoms with Gasteiger partial charge in [-0.2, -0.15) is 5.26 Å². The summed E-state index contributed by atoms with van der Waals surface area (Å²) in [7, 11) is 0. The zero-order valence-electron chi connectivity index (χ0n) is 17.7. The lowest BCUT2D eigenvalue weighted by Crippen LogP contribution is -2.21. The van der Waals surface area contributed by atoms with Crippen molar-refractivity contribution < 1.29 is 23.4 Å². The molecule has 2 N–H and O–H groups in total. The second-order valence-corrected chi connectivity index (χ2v) is 7.76. The van der Waals surface area contributed by atoms with Crippen molar-refractivity contribution in [2.75, 3.05) is 6.61 Å². The number of ether oxygens (including phenoxy) is 3. The quantitative estimate of drug-likeness (QED) is 0.444. The molecule has 0 aliphatic carbocycles. The number of nitriles is 1. The highest BCUT2D eigenvalue weighted by Gasteiger charge is 2.32. The van der Waals surface area contributed by atoms with Gasteiger partial charge >= 0.3 is 5.97 Å². The highest BCUT2D eigenvalue weighted by molar-refractivity contribution is 5.91. The van der Waals surface area contributed by atoms with Crippen LogP contribution >= 0.6 is 0 Å². The van der Waals surface area contributed by atoms with Crippen molar-refractivity contribution in [1.29, 1.82) is 5.26 Å². The Balaban J connectivity index is 1.53. The van der Waals surface area contributed by atoms with E-state index in [1.807, 2.05) is 0 Å². The molecule has 0 saturated heterocycles. The Kier molecular flexibility index (Phi) is 5.86. The summed E-state index contributed by atoms with van der Waals surface area (Å²) in [5, 5.41) is 9.55. The van der Waals surface area contributed by atoms with Gasteiger partial charge in [0.25, 0.3) is 0 Å². The molecule has 0 radical (unpaired) electrons. The average Bonchev–Trinajstić information content (AvgIpc) is 3.31. The molecule has 0 bridgehead atoms. The van der Waals surface area contributed by atoms with Crippen molar-refractivity contribution in [1.82, 2.24) is 0 Å². The van der Waals surface area contributed by atoms with E-state index < -0.39 is 11.9 Å². The van der Waals surface area contributed by atoms with Crippen LogP contribution in [0.25, 0.3) is 0 Å². The fraction of sp³-hybridized carbons (Fsp3) is 0.200. The van der Waals surface area contributed by atoms with E-state index in [4.69, 9.17) is 24.4 Å². The number of esters is 1. The Morgan fingerprint density at radius 3 is 2.56 bits per heavy atom. The Bertz CT molecular complexity index is 1190. The summed E-state index contributed by atoms with van der Waals surface area (Å²) in [6, 6.07) is 17.3. The molecule has 2 heterocycles. The van der Waals surface area contributed by atoms with Crippen molar-refractivity contribution in [3.8, 4) is 23.3 Å². The molecule has 162 valence electrons. The zero-order chi connectivity index (χ0) is 22.7. The summed E-state index contributed by atoms with van der Waals surface area (Å²) in [5.74, 6) is 1.33. The molecule has 4 rings (SSSR count). The molecule has 32 heavy (non-hydrogen) atoms. The number of rotatable bonds is 6. The minimum atomic E-state index is -0.514. The second kappa shape index (κ2) is 8.90. The van der Waals surface area contributed by atoms with Gasteiger partial charge in [0.1, 0.15) is 34.7 Å². The van der Waals surface area contributed by atoms with E-state index in [0.29, 0.717) is 46.7 Å². The summed E-state index contributed by atoms with van der Waals surface area (Å²) in [6.45, 7) is 4.73.